The molecule has 0 aliphatic rings. The van der Waals surface area contributed by atoms with E-state index in [4.69, 9.17) is 4.74 Å². The Labute approximate surface area is 160 Å². The lowest BCUT2D eigenvalue weighted by atomic mass is 9.98. The molecule has 0 aliphatic carbocycles. The number of benzene rings is 2. The standard InChI is InChI=1S/C23H26N2O2/c1-15-20-8-6-7-9-22(20)24-16(2)21(15)14-23(26)25(4)17(3)18-10-12-19(27-5)13-11-18/h6-13,17H,14H2,1-5H3. The van der Waals surface area contributed by atoms with Crippen LogP contribution < -0.4 is 4.74 Å². The van der Waals surface area contributed by atoms with Crippen LogP contribution in [0.1, 0.15) is 35.3 Å². The van der Waals surface area contributed by atoms with Crippen molar-refractivity contribution in [3.05, 3.63) is 70.9 Å². The highest BCUT2D eigenvalue weighted by molar-refractivity contribution is 5.86. The Kier molecular flexibility index (Phi) is 5.45. The van der Waals surface area contributed by atoms with Crippen molar-refractivity contribution in [2.24, 2.45) is 0 Å². The van der Waals surface area contributed by atoms with Gasteiger partial charge < -0.3 is 9.64 Å². The van der Waals surface area contributed by atoms with Gasteiger partial charge in [0.1, 0.15) is 5.75 Å². The summed E-state index contributed by atoms with van der Waals surface area (Å²) in [7, 11) is 3.51. The molecule has 4 heteroatoms. The number of nitrogens with zero attached hydrogens (tertiary/aromatic N) is 2. The second kappa shape index (κ2) is 7.78. The fourth-order valence-corrected chi connectivity index (χ4v) is 3.43. The average molecular weight is 362 g/mol. The number of hydrogen-bond acceptors (Lipinski definition) is 3. The van der Waals surface area contributed by atoms with Gasteiger partial charge in [0.15, 0.2) is 0 Å². The van der Waals surface area contributed by atoms with E-state index in [1.165, 1.54) is 0 Å². The lowest BCUT2D eigenvalue weighted by molar-refractivity contribution is -0.131. The van der Waals surface area contributed by atoms with Crippen molar-refractivity contribution < 1.29 is 9.53 Å². The molecular formula is C23H26N2O2. The lowest BCUT2D eigenvalue weighted by Crippen LogP contribution is -2.31. The van der Waals surface area contributed by atoms with Gasteiger partial charge in [-0.25, -0.2) is 0 Å². The van der Waals surface area contributed by atoms with E-state index in [0.29, 0.717) is 6.42 Å². The van der Waals surface area contributed by atoms with Crippen molar-refractivity contribution in [2.45, 2.75) is 33.2 Å². The van der Waals surface area contributed by atoms with Crippen LogP contribution in [-0.4, -0.2) is 29.9 Å². The maximum absolute atomic E-state index is 13.0. The first kappa shape index (κ1) is 18.9. The fourth-order valence-electron chi connectivity index (χ4n) is 3.43. The van der Waals surface area contributed by atoms with E-state index in [1.807, 2.05) is 63.4 Å². The van der Waals surface area contributed by atoms with E-state index < -0.39 is 0 Å². The second-order valence-corrected chi connectivity index (χ2v) is 6.95. The molecule has 0 aliphatic heterocycles. The largest absolute Gasteiger partial charge is 0.497 e. The minimum atomic E-state index is -0.0163. The predicted octanol–water partition coefficient (Wildman–Crippen LogP) is 4.62. The van der Waals surface area contributed by atoms with E-state index >= 15 is 0 Å². The predicted molar refractivity (Wildman–Crippen MR) is 109 cm³/mol. The molecule has 1 atom stereocenters. The number of likely N-dealkylation sites (N-methyl/N-ethyl adjacent to an activating group) is 1. The number of carbonyl (C=O) groups is 1. The van der Waals surface area contributed by atoms with Gasteiger partial charge >= 0.3 is 0 Å². The van der Waals surface area contributed by atoms with Crippen LogP contribution in [0.5, 0.6) is 5.75 Å². The van der Waals surface area contributed by atoms with Crippen molar-refractivity contribution in [2.75, 3.05) is 14.2 Å². The Hall–Kier alpha value is -2.88. The van der Waals surface area contributed by atoms with Crippen molar-refractivity contribution in [3.8, 4) is 5.75 Å². The van der Waals surface area contributed by atoms with Gasteiger partial charge in [0.05, 0.1) is 25.1 Å². The zero-order chi connectivity index (χ0) is 19.6. The van der Waals surface area contributed by atoms with Gasteiger partial charge in [-0.15, -0.1) is 0 Å². The van der Waals surface area contributed by atoms with Gasteiger partial charge in [0.25, 0.3) is 0 Å². The van der Waals surface area contributed by atoms with E-state index in [-0.39, 0.29) is 11.9 Å². The number of ether oxygens (including phenoxy) is 1. The quantitative estimate of drug-likeness (QED) is 0.665. The van der Waals surface area contributed by atoms with Crippen LogP contribution in [0.4, 0.5) is 0 Å². The third-order valence-corrected chi connectivity index (χ3v) is 5.39. The van der Waals surface area contributed by atoms with Gasteiger partial charge in [0.2, 0.25) is 5.91 Å². The maximum Gasteiger partial charge on any atom is 0.227 e. The van der Waals surface area contributed by atoms with Gasteiger partial charge in [-0.1, -0.05) is 30.3 Å². The number of rotatable bonds is 5. The van der Waals surface area contributed by atoms with Crippen molar-refractivity contribution in [3.63, 3.8) is 0 Å². The third-order valence-electron chi connectivity index (χ3n) is 5.39. The van der Waals surface area contributed by atoms with E-state index in [0.717, 1.165) is 39.0 Å². The Morgan fingerprint density at radius 2 is 1.78 bits per heavy atom. The summed E-state index contributed by atoms with van der Waals surface area (Å²) in [6.45, 7) is 6.10. The zero-order valence-corrected chi connectivity index (χ0v) is 16.6. The van der Waals surface area contributed by atoms with Crippen molar-refractivity contribution in [1.82, 2.24) is 9.88 Å². The maximum atomic E-state index is 13.0. The number of aromatic nitrogens is 1. The zero-order valence-electron chi connectivity index (χ0n) is 16.6. The number of fused-ring (bicyclic) bond motifs is 1. The minimum Gasteiger partial charge on any atom is -0.497 e. The Bertz CT molecular complexity index is 964. The molecule has 140 valence electrons. The van der Waals surface area contributed by atoms with Crippen LogP contribution in [0.15, 0.2) is 48.5 Å². The Balaban J connectivity index is 1.82. The molecule has 1 heterocycles. The summed E-state index contributed by atoms with van der Waals surface area (Å²) in [5, 5.41) is 1.11. The van der Waals surface area contributed by atoms with Crippen LogP contribution in [0, 0.1) is 13.8 Å². The first-order chi connectivity index (χ1) is 12.9. The molecule has 2 aromatic carbocycles. The van der Waals surface area contributed by atoms with Crippen molar-refractivity contribution >= 4 is 16.8 Å². The van der Waals surface area contributed by atoms with E-state index in [1.54, 1.807) is 12.0 Å². The summed E-state index contributed by atoms with van der Waals surface area (Å²) in [6.07, 6.45) is 0.354. The molecule has 0 saturated heterocycles. The summed E-state index contributed by atoms with van der Waals surface area (Å²) in [5.41, 5.74) is 5.13. The smallest absolute Gasteiger partial charge is 0.227 e. The summed E-state index contributed by atoms with van der Waals surface area (Å²) in [6, 6.07) is 15.9. The van der Waals surface area contributed by atoms with Gasteiger partial charge in [-0.3, -0.25) is 9.78 Å². The fraction of sp³-hybridized carbons (Fsp3) is 0.304. The molecular weight excluding hydrogens is 336 g/mol. The monoisotopic (exact) mass is 362 g/mol. The number of hydrogen-bond donors (Lipinski definition) is 0. The first-order valence-corrected chi connectivity index (χ1v) is 9.16. The summed E-state index contributed by atoms with van der Waals surface area (Å²) in [4.78, 5) is 19.5. The number of methoxy groups -OCH3 is 1. The molecule has 0 radical (unpaired) electrons. The van der Waals surface area contributed by atoms with Gasteiger partial charge in [-0.2, -0.15) is 0 Å². The summed E-state index contributed by atoms with van der Waals surface area (Å²) < 4.78 is 5.21. The molecule has 27 heavy (non-hydrogen) atoms. The highest BCUT2D eigenvalue weighted by Crippen LogP contribution is 2.26. The number of aryl methyl sites for hydroxylation is 2. The molecule has 0 fully saturated rings. The summed E-state index contributed by atoms with van der Waals surface area (Å²) >= 11 is 0. The molecule has 0 bridgehead atoms. The van der Waals surface area contributed by atoms with E-state index in [2.05, 4.69) is 18.0 Å². The lowest BCUT2D eigenvalue weighted by Gasteiger charge is -2.26. The third kappa shape index (κ3) is 3.80. The topological polar surface area (TPSA) is 42.4 Å². The second-order valence-electron chi connectivity index (χ2n) is 6.95. The number of para-hydroxylation sites is 1. The van der Waals surface area contributed by atoms with E-state index in [9.17, 15) is 4.79 Å². The summed E-state index contributed by atoms with van der Waals surface area (Å²) in [5.74, 6) is 0.898. The van der Waals surface area contributed by atoms with Crippen LogP contribution in [0.25, 0.3) is 10.9 Å². The van der Waals surface area contributed by atoms with Crippen LogP contribution >= 0.6 is 0 Å². The number of pyridine rings is 1. The first-order valence-electron chi connectivity index (χ1n) is 9.16. The molecule has 0 spiro atoms. The van der Waals surface area contributed by atoms with Crippen LogP contribution in [0.3, 0.4) is 0 Å². The Morgan fingerprint density at radius 1 is 1.11 bits per heavy atom. The molecule has 1 amide bonds. The molecule has 0 saturated carbocycles. The Morgan fingerprint density at radius 3 is 2.44 bits per heavy atom. The molecule has 3 rings (SSSR count). The SMILES string of the molecule is COc1ccc(C(C)N(C)C(=O)Cc2c(C)nc3ccccc3c2C)cc1. The highest BCUT2D eigenvalue weighted by atomic mass is 16.5. The van der Waals surface area contributed by atoms with Crippen molar-refractivity contribution in [1.29, 1.82) is 0 Å². The minimum absolute atomic E-state index is 0.0163. The molecule has 4 nitrogen and oxygen atoms in total. The van der Waals surface area contributed by atoms with Crippen LogP contribution in [-0.2, 0) is 11.2 Å². The highest BCUT2D eigenvalue weighted by Gasteiger charge is 2.20. The van der Waals surface area contributed by atoms with Gasteiger partial charge in [-0.05, 0) is 55.7 Å². The molecule has 1 unspecified atom stereocenters. The molecule has 1 aromatic heterocycles. The molecule has 3 aromatic rings. The number of carbonyl (C=O) groups excluding carboxylic acids is 1. The van der Waals surface area contributed by atoms with Crippen LogP contribution in [0.2, 0.25) is 0 Å². The number of amides is 1. The molecule has 0 N–H and O–H groups in total. The average Bonchev–Trinajstić information content (AvgIpc) is 2.70. The van der Waals surface area contributed by atoms with Gasteiger partial charge in [0, 0.05) is 18.1 Å². The normalized spacial score (nSPS) is 12.0.